The minimum absolute atomic E-state index is 0.0617. The number of rotatable bonds is 10. The van der Waals surface area contributed by atoms with E-state index >= 15 is 0 Å². The molecular weight excluding hydrogens is 324 g/mol. The van der Waals surface area contributed by atoms with E-state index in [1.165, 1.54) is 12.1 Å². The highest BCUT2D eigenvalue weighted by Crippen LogP contribution is 2.29. The lowest BCUT2D eigenvalue weighted by Gasteiger charge is -2.13. The van der Waals surface area contributed by atoms with Gasteiger partial charge in [0.1, 0.15) is 6.61 Å². The topological polar surface area (TPSA) is 82.9 Å². The van der Waals surface area contributed by atoms with Crippen molar-refractivity contribution in [3.8, 4) is 11.5 Å². The van der Waals surface area contributed by atoms with Crippen LogP contribution < -0.4 is 14.8 Å². The number of nitrogens with zero attached hydrogens (tertiary/aromatic N) is 1. The maximum atomic E-state index is 10.7. The molecule has 0 atom stereocenters. The van der Waals surface area contributed by atoms with Crippen LogP contribution in [0.2, 0.25) is 0 Å². The van der Waals surface area contributed by atoms with Gasteiger partial charge in [0.15, 0.2) is 11.5 Å². The third-order valence-electron chi connectivity index (χ3n) is 3.58. The SMILES string of the molecule is COCCNCc1ccc(OCc2ccc([N+](=O)[O-])cc2)c(OC)c1. The molecule has 0 heterocycles. The van der Waals surface area contributed by atoms with E-state index in [4.69, 9.17) is 14.2 Å². The van der Waals surface area contributed by atoms with Crippen LogP contribution in [-0.2, 0) is 17.9 Å². The van der Waals surface area contributed by atoms with Gasteiger partial charge in [-0.1, -0.05) is 6.07 Å². The maximum Gasteiger partial charge on any atom is 0.269 e. The average Bonchev–Trinajstić information content (AvgIpc) is 2.64. The number of hydrogen-bond donors (Lipinski definition) is 1. The number of ether oxygens (including phenoxy) is 3. The van der Waals surface area contributed by atoms with Crippen LogP contribution in [0.15, 0.2) is 42.5 Å². The molecule has 0 bridgehead atoms. The second kappa shape index (κ2) is 9.61. The van der Waals surface area contributed by atoms with E-state index in [0.717, 1.165) is 17.7 Å². The molecule has 0 radical (unpaired) electrons. The normalized spacial score (nSPS) is 10.5. The lowest BCUT2D eigenvalue weighted by molar-refractivity contribution is -0.384. The molecule has 0 aromatic heterocycles. The molecule has 7 heteroatoms. The Morgan fingerprint density at radius 2 is 1.76 bits per heavy atom. The van der Waals surface area contributed by atoms with Crippen molar-refractivity contribution < 1.29 is 19.1 Å². The molecule has 0 aliphatic carbocycles. The van der Waals surface area contributed by atoms with Gasteiger partial charge in [-0.05, 0) is 35.4 Å². The summed E-state index contributed by atoms with van der Waals surface area (Å²) < 4.78 is 16.2. The first-order valence-corrected chi connectivity index (χ1v) is 7.86. The van der Waals surface area contributed by atoms with Gasteiger partial charge in [0.2, 0.25) is 0 Å². The molecule has 2 rings (SSSR count). The van der Waals surface area contributed by atoms with Crippen LogP contribution in [0, 0.1) is 10.1 Å². The van der Waals surface area contributed by atoms with Crippen LogP contribution in [0.25, 0.3) is 0 Å². The third kappa shape index (κ3) is 5.74. The first-order valence-electron chi connectivity index (χ1n) is 7.86. The molecule has 25 heavy (non-hydrogen) atoms. The van der Waals surface area contributed by atoms with Crippen LogP contribution in [0.1, 0.15) is 11.1 Å². The Hall–Kier alpha value is -2.64. The maximum absolute atomic E-state index is 10.7. The minimum Gasteiger partial charge on any atom is -0.493 e. The molecule has 0 unspecified atom stereocenters. The molecule has 0 aliphatic rings. The van der Waals surface area contributed by atoms with Crippen LogP contribution >= 0.6 is 0 Å². The molecule has 0 saturated heterocycles. The van der Waals surface area contributed by atoms with Crippen molar-refractivity contribution in [1.29, 1.82) is 0 Å². The Morgan fingerprint density at radius 3 is 2.40 bits per heavy atom. The Kier molecular flexibility index (Phi) is 7.18. The van der Waals surface area contributed by atoms with E-state index in [1.54, 1.807) is 26.4 Å². The van der Waals surface area contributed by atoms with E-state index < -0.39 is 4.92 Å². The summed E-state index contributed by atoms with van der Waals surface area (Å²) in [5, 5.41) is 13.9. The van der Waals surface area contributed by atoms with Crippen molar-refractivity contribution in [3.63, 3.8) is 0 Å². The van der Waals surface area contributed by atoms with Gasteiger partial charge in [-0.25, -0.2) is 0 Å². The van der Waals surface area contributed by atoms with Gasteiger partial charge in [-0.3, -0.25) is 10.1 Å². The quantitative estimate of drug-likeness (QED) is 0.405. The number of nitro groups is 1. The van der Waals surface area contributed by atoms with Crippen molar-refractivity contribution in [2.45, 2.75) is 13.2 Å². The summed E-state index contributed by atoms with van der Waals surface area (Å²) in [5.74, 6) is 1.27. The van der Waals surface area contributed by atoms with E-state index in [-0.39, 0.29) is 5.69 Å². The molecular formula is C18H22N2O5. The highest BCUT2D eigenvalue weighted by molar-refractivity contribution is 5.43. The minimum atomic E-state index is -0.424. The molecule has 7 nitrogen and oxygen atoms in total. The van der Waals surface area contributed by atoms with Crippen LogP contribution in [0.4, 0.5) is 5.69 Å². The van der Waals surface area contributed by atoms with Gasteiger partial charge in [0, 0.05) is 32.3 Å². The highest BCUT2D eigenvalue weighted by Gasteiger charge is 2.08. The van der Waals surface area contributed by atoms with Gasteiger partial charge in [0.25, 0.3) is 5.69 Å². The van der Waals surface area contributed by atoms with Crippen molar-refractivity contribution in [2.75, 3.05) is 27.4 Å². The molecule has 134 valence electrons. The fraction of sp³-hybridized carbons (Fsp3) is 0.333. The van der Waals surface area contributed by atoms with Gasteiger partial charge in [0.05, 0.1) is 18.6 Å². The summed E-state index contributed by atoms with van der Waals surface area (Å²) in [6.45, 7) is 2.45. The summed E-state index contributed by atoms with van der Waals surface area (Å²) in [7, 11) is 3.26. The summed E-state index contributed by atoms with van der Waals surface area (Å²) in [5.41, 5.74) is 1.99. The number of hydrogen-bond acceptors (Lipinski definition) is 6. The summed E-state index contributed by atoms with van der Waals surface area (Å²) in [4.78, 5) is 10.2. The zero-order valence-electron chi connectivity index (χ0n) is 14.4. The lowest BCUT2D eigenvalue weighted by atomic mass is 10.2. The van der Waals surface area contributed by atoms with Crippen molar-refractivity contribution in [2.24, 2.45) is 0 Å². The largest absolute Gasteiger partial charge is 0.493 e. The molecule has 2 aromatic carbocycles. The molecule has 1 N–H and O–H groups in total. The Morgan fingerprint density at radius 1 is 1.04 bits per heavy atom. The van der Waals surface area contributed by atoms with Crippen molar-refractivity contribution in [1.82, 2.24) is 5.32 Å². The standard InChI is InChI=1S/C18H22N2O5/c1-23-10-9-19-12-15-5-8-17(18(11-15)24-2)25-13-14-3-6-16(7-4-14)20(21)22/h3-8,11,19H,9-10,12-13H2,1-2H3. The van der Waals surface area contributed by atoms with Crippen LogP contribution in [-0.4, -0.2) is 32.3 Å². The predicted molar refractivity (Wildman–Crippen MR) is 94.0 cm³/mol. The first-order chi connectivity index (χ1) is 12.1. The molecule has 2 aromatic rings. The number of nitrogens with one attached hydrogen (secondary N) is 1. The Balaban J connectivity index is 1.95. The van der Waals surface area contributed by atoms with Gasteiger partial charge >= 0.3 is 0 Å². The zero-order chi connectivity index (χ0) is 18.1. The van der Waals surface area contributed by atoms with Crippen LogP contribution in [0.3, 0.4) is 0 Å². The number of methoxy groups -OCH3 is 2. The number of non-ortho nitro benzene ring substituents is 1. The van der Waals surface area contributed by atoms with Gasteiger partial charge in [-0.2, -0.15) is 0 Å². The summed E-state index contributed by atoms with van der Waals surface area (Å²) in [6, 6.07) is 12.0. The number of benzene rings is 2. The first kappa shape index (κ1) is 18.7. The highest BCUT2D eigenvalue weighted by atomic mass is 16.6. The van der Waals surface area contributed by atoms with E-state index in [9.17, 15) is 10.1 Å². The monoisotopic (exact) mass is 346 g/mol. The zero-order valence-corrected chi connectivity index (χ0v) is 14.4. The Labute approximate surface area is 146 Å². The van der Waals surface area contributed by atoms with Gasteiger partial charge in [-0.15, -0.1) is 0 Å². The van der Waals surface area contributed by atoms with E-state index in [1.807, 2.05) is 18.2 Å². The van der Waals surface area contributed by atoms with Crippen LogP contribution in [0.5, 0.6) is 11.5 Å². The fourth-order valence-corrected chi connectivity index (χ4v) is 2.22. The number of nitro benzene ring substituents is 1. The average molecular weight is 346 g/mol. The Bertz CT molecular complexity index is 688. The van der Waals surface area contributed by atoms with Crippen molar-refractivity contribution >= 4 is 5.69 Å². The molecule has 0 amide bonds. The molecule has 0 saturated carbocycles. The van der Waals surface area contributed by atoms with Crippen molar-refractivity contribution in [3.05, 3.63) is 63.7 Å². The van der Waals surface area contributed by atoms with Gasteiger partial charge < -0.3 is 19.5 Å². The smallest absolute Gasteiger partial charge is 0.269 e. The molecule has 0 spiro atoms. The molecule has 0 aliphatic heterocycles. The summed E-state index contributed by atoms with van der Waals surface area (Å²) >= 11 is 0. The van der Waals surface area contributed by atoms with E-state index in [0.29, 0.717) is 31.3 Å². The fourth-order valence-electron chi connectivity index (χ4n) is 2.22. The third-order valence-corrected chi connectivity index (χ3v) is 3.58. The van der Waals surface area contributed by atoms with E-state index in [2.05, 4.69) is 5.32 Å². The predicted octanol–water partition coefficient (Wildman–Crippen LogP) is 2.92. The molecule has 0 fully saturated rings. The lowest BCUT2D eigenvalue weighted by Crippen LogP contribution is -2.18. The second-order valence-electron chi connectivity index (χ2n) is 5.37. The second-order valence-corrected chi connectivity index (χ2v) is 5.37. The summed E-state index contributed by atoms with van der Waals surface area (Å²) in [6.07, 6.45) is 0.